The van der Waals surface area contributed by atoms with Crippen molar-refractivity contribution in [3.05, 3.63) is 160 Å². The molecular formula is C51H53N. The van der Waals surface area contributed by atoms with Crippen LogP contribution in [0.5, 0.6) is 0 Å². The summed E-state index contributed by atoms with van der Waals surface area (Å²) in [5, 5.41) is 2.82. The maximum atomic E-state index is 2.45. The maximum absolute atomic E-state index is 2.45. The smallest absolute Gasteiger partial charge is 0.0544 e. The highest BCUT2D eigenvalue weighted by Crippen LogP contribution is 2.63. The molecule has 0 radical (unpaired) electrons. The van der Waals surface area contributed by atoms with Gasteiger partial charge >= 0.3 is 0 Å². The number of rotatable bonds is 2. The van der Waals surface area contributed by atoms with Gasteiger partial charge in [0.1, 0.15) is 0 Å². The molecule has 262 valence electrons. The topological polar surface area (TPSA) is 4.93 Å². The van der Waals surface area contributed by atoms with Crippen molar-refractivity contribution in [3.63, 3.8) is 0 Å². The molecule has 1 heteroatoms. The van der Waals surface area contributed by atoms with Crippen molar-refractivity contribution in [2.75, 3.05) is 0 Å². The van der Waals surface area contributed by atoms with E-state index in [1.165, 1.54) is 88.7 Å². The van der Waals surface area contributed by atoms with E-state index in [2.05, 4.69) is 202 Å². The van der Waals surface area contributed by atoms with Crippen LogP contribution in [0.3, 0.4) is 0 Å². The Labute approximate surface area is 311 Å². The summed E-state index contributed by atoms with van der Waals surface area (Å²) in [6.45, 7) is 25.9. The molecule has 1 nitrogen and oxygen atoms in total. The molecular weight excluding hydrogens is 627 g/mol. The third-order valence-corrected chi connectivity index (χ3v) is 13.9. The van der Waals surface area contributed by atoms with Crippen LogP contribution in [0.2, 0.25) is 0 Å². The summed E-state index contributed by atoms with van der Waals surface area (Å²) in [5.41, 5.74) is 19.7. The number of aryl methyl sites for hydroxylation is 3. The fraction of sp³-hybridized carbons (Fsp3) is 0.294. The van der Waals surface area contributed by atoms with Gasteiger partial charge < -0.3 is 4.57 Å². The highest BCUT2D eigenvalue weighted by molar-refractivity contribution is 6.12. The van der Waals surface area contributed by atoms with Crippen molar-refractivity contribution in [2.45, 2.75) is 92.4 Å². The van der Waals surface area contributed by atoms with Crippen molar-refractivity contribution < 1.29 is 0 Å². The fourth-order valence-electron chi connectivity index (χ4n) is 9.70. The van der Waals surface area contributed by atoms with Crippen molar-refractivity contribution in [2.24, 2.45) is 5.41 Å². The number of nitrogens with zero attached hydrogens (tertiary/aromatic N) is 1. The molecule has 2 aliphatic rings. The van der Waals surface area contributed by atoms with Gasteiger partial charge in [-0.15, -0.1) is 0 Å². The molecule has 0 bridgehead atoms. The Bertz CT molecular complexity index is 2530. The normalized spacial score (nSPS) is 17.0. The second-order valence-electron chi connectivity index (χ2n) is 17.6. The molecule has 0 amide bonds. The molecule has 1 heterocycles. The minimum Gasteiger partial charge on any atom is -0.309 e. The number of para-hydroxylation sites is 1. The summed E-state index contributed by atoms with van der Waals surface area (Å²) in [6, 6.07) is 44.8. The molecule has 1 aromatic heterocycles. The molecule has 0 atom stereocenters. The van der Waals surface area contributed by atoms with Crippen LogP contribution in [0.25, 0.3) is 49.7 Å². The number of benzene rings is 6. The Morgan fingerprint density at radius 1 is 0.442 bits per heavy atom. The van der Waals surface area contributed by atoms with Gasteiger partial charge in [0.05, 0.1) is 11.0 Å². The van der Waals surface area contributed by atoms with Crippen molar-refractivity contribution >= 4 is 21.8 Å². The van der Waals surface area contributed by atoms with Crippen LogP contribution in [0.15, 0.2) is 121 Å². The Kier molecular flexibility index (Phi) is 7.61. The minimum absolute atomic E-state index is 0.0743. The Hall–Kier alpha value is -4.88. The van der Waals surface area contributed by atoms with E-state index in [1.807, 2.05) is 0 Å². The zero-order valence-electron chi connectivity index (χ0n) is 33.0. The van der Waals surface area contributed by atoms with E-state index in [0.717, 1.165) is 0 Å². The Morgan fingerprint density at radius 3 is 1.79 bits per heavy atom. The van der Waals surface area contributed by atoms with Crippen LogP contribution in [0, 0.1) is 26.2 Å². The number of aromatic nitrogens is 1. The Balaban J connectivity index is 0.000000153. The lowest BCUT2D eigenvalue weighted by Gasteiger charge is -2.44. The van der Waals surface area contributed by atoms with E-state index in [4.69, 9.17) is 0 Å². The summed E-state index contributed by atoms with van der Waals surface area (Å²) in [5.74, 6) is 0. The largest absolute Gasteiger partial charge is 0.309 e. The average molecular weight is 680 g/mol. The predicted molar refractivity (Wildman–Crippen MR) is 224 cm³/mol. The molecule has 0 spiro atoms. The first kappa shape index (κ1) is 34.2. The zero-order valence-corrected chi connectivity index (χ0v) is 33.0. The Morgan fingerprint density at radius 2 is 1.08 bits per heavy atom. The standard InChI is InChI=1S/C28H31N.C23H22/c1-18-13-15-22-20(17-18)24-23(29(22)19-11-9-8-10-12-19)16-14-21-25(24)27(4,5)28(6,7)26(21,2)3;1-15-9-5-6-10-17(15)19-14-20-18-11-7-8-12-21(18)23(3,4)22(20)13-16(19)2/h8-17H,1-7H3;5-14H,1-4H3. The van der Waals surface area contributed by atoms with E-state index in [0.29, 0.717) is 0 Å². The molecule has 0 saturated carbocycles. The van der Waals surface area contributed by atoms with Crippen LogP contribution in [-0.2, 0) is 16.2 Å². The van der Waals surface area contributed by atoms with Crippen LogP contribution < -0.4 is 0 Å². The summed E-state index contributed by atoms with van der Waals surface area (Å²) in [6.07, 6.45) is 0. The number of hydrogen-bond acceptors (Lipinski definition) is 0. The van der Waals surface area contributed by atoms with E-state index in [1.54, 1.807) is 0 Å². The monoisotopic (exact) mass is 679 g/mol. The van der Waals surface area contributed by atoms with Crippen molar-refractivity contribution in [3.8, 4) is 27.9 Å². The van der Waals surface area contributed by atoms with Crippen molar-refractivity contribution in [1.29, 1.82) is 0 Å². The van der Waals surface area contributed by atoms with Gasteiger partial charge in [0.25, 0.3) is 0 Å². The SMILES string of the molecule is Cc1ccc2c(c1)c1c3c(ccc1n2-c1ccccc1)C(C)(C)C(C)(C)C3(C)C.Cc1ccccc1-c1cc2c(cc1C)C(C)(C)c1ccccc1-2. The van der Waals surface area contributed by atoms with Crippen LogP contribution in [0.1, 0.15) is 94.3 Å². The summed E-state index contributed by atoms with van der Waals surface area (Å²) in [4.78, 5) is 0. The van der Waals surface area contributed by atoms with E-state index in [-0.39, 0.29) is 21.7 Å². The van der Waals surface area contributed by atoms with Gasteiger partial charge in [0.2, 0.25) is 0 Å². The maximum Gasteiger partial charge on any atom is 0.0544 e. The molecule has 0 N–H and O–H groups in total. The lowest BCUT2D eigenvalue weighted by molar-refractivity contribution is 0.125. The molecule has 0 aliphatic heterocycles. The number of fused-ring (bicyclic) bond motifs is 8. The first-order valence-electron chi connectivity index (χ1n) is 19.0. The summed E-state index contributed by atoms with van der Waals surface area (Å²) < 4.78 is 2.44. The zero-order chi connectivity index (χ0) is 37.0. The first-order valence-corrected chi connectivity index (χ1v) is 19.0. The molecule has 2 aliphatic carbocycles. The molecule has 9 rings (SSSR count). The summed E-state index contributed by atoms with van der Waals surface area (Å²) >= 11 is 0. The van der Waals surface area contributed by atoms with Crippen LogP contribution in [-0.4, -0.2) is 4.57 Å². The van der Waals surface area contributed by atoms with Gasteiger partial charge in [-0.05, 0) is 129 Å². The summed E-state index contributed by atoms with van der Waals surface area (Å²) in [7, 11) is 0. The molecule has 0 saturated heterocycles. The fourth-order valence-corrected chi connectivity index (χ4v) is 9.70. The van der Waals surface area contributed by atoms with Crippen molar-refractivity contribution in [1.82, 2.24) is 4.57 Å². The molecule has 52 heavy (non-hydrogen) atoms. The van der Waals surface area contributed by atoms with Gasteiger partial charge in [-0.3, -0.25) is 0 Å². The molecule has 6 aromatic carbocycles. The quantitative estimate of drug-likeness (QED) is 0.171. The lowest BCUT2D eigenvalue weighted by atomic mass is 9.59. The van der Waals surface area contributed by atoms with Crippen LogP contribution in [0.4, 0.5) is 0 Å². The van der Waals surface area contributed by atoms with E-state index < -0.39 is 0 Å². The highest BCUT2D eigenvalue weighted by Gasteiger charge is 2.57. The van der Waals surface area contributed by atoms with E-state index in [9.17, 15) is 0 Å². The predicted octanol–water partition coefficient (Wildman–Crippen LogP) is 14.0. The second kappa shape index (κ2) is 11.6. The number of hydrogen-bond donors (Lipinski definition) is 0. The third kappa shape index (κ3) is 4.67. The highest BCUT2D eigenvalue weighted by atomic mass is 15.0. The molecule has 0 fully saturated rings. The van der Waals surface area contributed by atoms with Gasteiger partial charge in [-0.25, -0.2) is 0 Å². The lowest BCUT2D eigenvalue weighted by Crippen LogP contribution is -2.42. The van der Waals surface area contributed by atoms with Gasteiger partial charge in [-0.1, -0.05) is 146 Å². The average Bonchev–Trinajstić information content (AvgIpc) is 3.59. The molecule has 0 unspecified atom stereocenters. The second-order valence-corrected chi connectivity index (χ2v) is 17.6. The van der Waals surface area contributed by atoms with E-state index >= 15 is 0 Å². The third-order valence-electron chi connectivity index (χ3n) is 13.9. The van der Waals surface area contributed by atoms with Gasteiger partial charge in [0, 0.05) is 21.9 Å². The van der Waals surface area contributed by atoms with Gasteiger partial charge in [0.15, 0.2) is 0 Å². The van der Waals surface area contributed by atoms with Crippen LogP contribution >= 0.6 is 0 Å². The first-order chi connectivity index (χ1) is 24.6. The minimum atomic E-state index is 0.0743. The van der Waals surface area contributed by atoms with Gasteiger partial charge in [-0.2, -0.15) is 0 Å². The molecule has 7 aromatic rings.